The molecule has 0 saturated heterocycles. The third-order valence-corrected chi connectivity index (χ3v) is 5.22. The van der Waals surface area contributed by atoms with E-state index < -0.39 is 24.2 Å². The molecule has 0 aliphatic heterocycles. The predicted octanol–water partition coefficient (Wildman–Crippen LogP) is 0.293. The third-order valence-electron chi connectivity index (χ3n) is 2.94. The van der Waals surface area contributed by atoms with Crippen LogP contribution in [0.3, 0.4) is 0 Å². The fourth-order valence-electron chi connectivity index (χ4n) is 1.74. The zero-order valence-electron chi connectivity index (χ0n) is 12.1. The van der Waals surface area contributed by atoms with E-state index in [1.54, 1.807) is 0 Å². The van der Waals surface area contributed by atoms with Gasteiger partial charge < -0.3 is 0 Å². The Kier molecular flexibility index (Phi) is 7.92. The van der Waals surface area contributed by atoms with Crippen LogP contribution in [0.15, 0.2) is 48.5 Å². The first kappa shape index (κ1) is 21.3. The van der Waals surface area contributed by atoms with Crippen LogP contribution in [-0.2, 0) is 11.5 Å². The molecule has 0 aliphatic carbocycles. The number of benzene rings is 2. The van der Waals surface area contributed by atoms with E-state index in [9.17, 15) is 26.1 Å². The maximum Gasteiger partial charge on any atom is 1.00 e. The molecule has 0 heterocycles. The molecule has 0 aromatic heterocycles. The van der Waals surface area contributed by atoms with Crippen molar-refractivity contribution in [2.75, 3.05) is 0 Å². The van der Waals surface area contributed by atoms with Crippen molar-refractivity contribution in [2.24, 2.45) is 0 Å². The van der Waals surface area contributed by atoms with Crippen LogP contribution in [0.4, 0.5) is 26.1 Å². The Morgan fingerprint density at radius 3 is 1.78 bits per heavy atom. The van der Waals surface area contributed by atoms with Crippen LogP contribution >= 0.6 is 0 Å². The zero-order chi connectivity index (χ0) is 16.4. The topological polar surface area (TPSA) is 0 Å². The Morgan fingerprint density at radius 2 is 1.35 bits per heavy atom. The number of hydrogen-bond donors (Lipinski definition) is 0. The van der Waals surface area contributed by atoms with Crippen molar-refractivity contribution in [2.45, 2.75) is 11.5 Å². The summed E-state index contributed by atoms with van der Waals surface area (Å²) in [5.41, 5.74) is -0.619. The minimum Gasteiger partial charge on any atom is 1.00 e. The van der Waals surface area contributed by atoms with Gasteiger partial charge >= 0.3 is 181 Å². The summed E-state index contributed by atoms with van der Waals surface area (Å²) in [5.74, 6) is 0. The Balaban J connectivity index is 0.00000264. The minimum absolute atomic E-state index is 0. The number of halogens is 6. The van der Waals surface area contributed by atoms with Gasteiger partial charge in [-0.3, -0.25) is 0 Å². The Hall–Kier alpha value is 0.241. The Bertz CT molecular complexity index is 564. The van der Waals surface area contributed by atoms with Crippen molar-refractivity contribution in [3.05, 3.63) is 59.7 Å². The Morgan fingerprint density at radius 1 is 0.826 bits per heavy atom. The molecule has 0 bridgehead atoms. The molecule has 0 nitrogen and oxygen atoms in total. The first-order valence-corrected chi connectivity index (χ1v) is 8.32. The van der Waals surface area contributed by atoms with Crippen LogP contribution in [0.2, 0.25) is 0 Å². The quantitative estimate of drug-likeness (QED) is 0.492. The second kappa shape index (κ2) is 8.56. The van der Waals surface area contributed by atoms with Gasteiger partial charge in [0.15, 0.2) is 0 Å². The van der Waals surface area contributed by atoms with Crippen LogP contribution in [0.1, 0.15) is 11.1 Å². The summed E-state index contributed by atoms with van der Waals surface area (Å²) < 4.78 is 75.5. The summed E-state index contributed by atoms with van der Waals surface area (Å²) in [6, 6.07) is 9.77. The molecule has 0 spiro atoms. The second-order valence-electron chi connectivity index (χ2n) is 4.63. The van der Waals surface area contributed by atoms with E-state index in [1.807, 2.05) is 0 Å². The monoisotopic (exact) mass is 422 g/mol. The van der Waals surface area contributed by atoms with E-state index in [0.717, 1.165) is 34.3 Å². The van der Waals surface area contributed by atoms with Gasteiger partial charge in [0.05, 0.1) is 0 Å². The average Bonchev–Trinajstić information content (AvgIpc) is 2.44. The number of rotatable bonds is 4. The molecule has 0 radical (unpaired) electrons. The molecular formula is C14H10BF6KSe. The maximum absolute atomic E-state index is 12.5. The molecule has 0 unspecified atom stereocenters. The molecule has 2 rings (SSSR count). The SMILES string of the molecule is F[B-](F)(F)c1ccc([Se]Cc2ccc(C(F)(F)F)cc2)cc1.[K+]. The summed E-state index contributed by atoms with van der Waals surface area (Å²) in [5, 5.41) is 0.529. The summed E-state index contributed by atoms with van der Waals surface area (Å²) in [6.07, 6.45) is -4.36. The van der Waals surface area contributed by atoms with Gasteiger partial charge in [-0.15, -0.1) is 0 Å². The van der Waals surface area contributed by atoms with E-state index in [1.165, 1.54) is 24.3 Å². The van der Waals surface area contributed by atoms with E-state index >= 15 is 0 Å². The molecule has 9 heteroatoms. The smallest absolute Gasteiger partial charge is 1.00 e. The largest absolute Gasteiger partial charge is 1.00 e. The number of alkyl halides is 3. The standard InChI is InChI=1S/C14H10BF6Se.K/c16-14(17,18)11-3-1-10(2-4-11)9-22-13-7-5-12(6-8-13)15(19,20)21;/h1-8H,9H2;/q-1;+1. The van der Waals surface area contributed by atoms with Gasteiger partial charge in [0.2, 0.25) is 0 Å². The molecule has 0 saturated carbocycles. The van der Waals surface area contributed by atoms with Gasteiger partial charge in [0.25, 0.3) is 0 Å². The predicted molar refractivity (Wildman–Crippen MR) is 75.7 cm³/mol. The van der Waals surface area contributed by atoms with E-state index in [-0.39, 0.29) is 66.3 Å². The van der Waals surface area contributed by atoms with Crippen LogP contribution in [0, 0.1) is 0 Å². The molecule has 23 heavy (non-hydrogen) atoms. The normalized spacial score (nSPS) is 11.9. The first-order chi connectivity index (χ1) is 10.2. The fourth-order valence-corrected chi connectivity index (χ4v) is 3.53. The Labute approximate surface area is 178 Å². The van der Waals surface area contributed by atoms with Crippen molar-refractivity contribution >= 4 is 31.9 Å². The average molecular weight is 421 g/mol. The van der Waals surface area contributed by atoms with Crippen molar-refractivity contribution in [3.63, 3.8) is 0 Å². The van der Waals surface area contributed by atoms with Gasteiger partial charge in [0, 0.05) is 0 Å². The van der Waals surface area contributed by atoms with Crippen LogP contribution < -0.4 is 61.3 Å². The molecule has 0 aliphatic rings. The van der Waals surface area contributed by atoms with Crippen molar-refractivity contribution < 1.29 is 77.5 Å². The van der Waals surface area contributed by atoms with Gasteiger partial charge in [0.1, 0.15) is 0 Å². The van der Waals surface area contributed by atoms with Crippen molar-refractivity contribution in [3.8, 4) is 0 Å². The molecule has 118 valence electrons. The molecule has 2 aromatic rings. The van der Waals surface area contributed by atoms with Crippen molar-refractivity contribution in [1.29, 1.82) is 0 Å². The van der Waals surface area contributed by atoms with Crippen LogP contribution in [0.25, 0.3) is 0 Å². The summed E-state index contributed by atoms with van der Waals surface area (Å²) >= 11 is -0.128. The summed E-state index contributed by atoms with van der Waals surface area (Å²) in [6.45, 7) is -4.99. The van der Waals surface area contributed by atoms with Gasteiger partial charge in [-0.05, 0) is 0 Å². The van der Waals surface area contributed by atoms with E-state index in [2.05, 4.69) is 0 Å². The second-order valence-corrected chi connectivity index (χ2v) is 6.83. The third kappa shape index (κ3) is 6.57. The fraction of sp³-hybridized carbons (Fsp3) is 0.143. The van der Waals surface area contributed by atoms with Crippen LogP contribution in [-0.4, -0.2) is 21.9 Å². The van der Waals surface area contributed by atoms with Crippen molar-refractivity contribution in [1.82, 2.24) is 0 Å². The van der Waals surface area contributed by atoms with E-state index in [0.29, 0.717) is 5.32 Å². The number of hydrogen-bond acceptors (Lipinski definition) is 0. The molecular weight excluding hydrogens is 411 g/mol. The van der Waals surface area contributed by atoms with Crippen LogP contribution in [0.5, 0.6) is 0 Å². The maximum atomic E-state index is 12.5. The van der Waals surface area contributed by atoms with Gasteiger partial charge in [-0.1, -0.05) is 0 Å². The van der Waals surface area contributed by atoms with Gasteiger partial charge in [-0.2, -0.15) is 0 Å². The van der Waals surface area contributed by atoms with Gasteiger partial charge in [-0.25, -0.2) is 0 Å². The summed E-state index contributed by atoms with van der Waals surface area (Å²) in [7, 11) is 0. The van der Waals surface area contributed by atoms with E-state index in [4.69, 9.17) is 0 Å². The molecule has 0 amide bonds. The molecule has 0 fully saturated rings. The zero-order valence-corrected chi connectivity index (χ0v) is 16.9. The first-order valence-electron chi connectivity index (χ1n) is 6.25. The molecule has 0 atom stereocenters. The summed E-state index contributed by atoms with van der Waals surface area (Å²) in [4.78, 5) is 0. The molecule has 2 aromatic carbocycles. The minimum atomic E-state index is -4.99. The molecule has 0 N–H and O–H groups in total.